The summed E-state index contributed by atoms with van der Waals surface area (Å²) in [5.74, 6) is -0.132. The maximum absolute atomic E-state index is 13.8. The van der Waals surface area contributed by atoms with E-state index in [1.807, 2.05) is 83.4 Å². The van der Waals surface area contributed by atoms with Gasteiger partial charge in [-0.15, -0.1) is 5.10 Å². The lowest BCUT2D eigenvalue weighted by Crippen LogP contribution is -2.48. The number of carbonyl (C=O) groups excluding carboxylic acids is 4. The minimum atomic E-state index is -0.851. The molecule has 1 heterocycles. The second-order valence-electron chi connectivity index (χ2n) is 14.7. The number of hydrogen-bond donors (Lipinski definition) is 5. The fraction of sp³-hybridized carbons (Fsp3) is 0.410. The molecule has 4 amide bonds. The summed E-state index contributed by atoms with van der Waals surface area (Å²) >= 11 is 0. The van der Waals surface area contributed by atoms with Gasteiger partial charge in [-0.2, -0.15) is 0 Å². The molecule has 0 unspecified atom stereocenters. The number of H-pyrrole nitrogens is 1. The summed E-state index contributed by atoms with van der Waals surface area (Å²) in [5, 5.41) is 25.7. The fourth-order valence-corrected chi connectivity index (χ4v) is 6.27. The van der Waals surface area contributed by atoms with Crippen LogP contribution in [0.3, 0.4) is 0 Å². The van der Waals surface area contributed by atoms with Crippen LogP contribution in [0.1, 0.15) is 52.0 Å². The number of aromatic nitrogens is 4. The first-order chi connectivity index (χ1) is 25.3. The van der Waals surface area contributed by atoms with Crippen molar-refractivity contribution in [3.63, 3.8) is 0 Å². The van der Waals surface area contributed by atoms with Crippen LogP contribution in [0.5, 0.6) is 0 Å². The Hall–Kier alpha value is -5.63. The Kier molecular flexibility index (Phi) is 12.9. The number of ether oxygens (including phenoxy) is 1. The largest absolute Gasteiger partial charge is 0.444 e. The van der Waals surface area contributed by atoms with Gasteiger partial charge in [0.1, 0.15) is 11.6 Å². The first kappa shape index (κ1) is 38.6. The van der Waals surface area contributed by atoms with E-state index < -0.39 is 17.7 Å². The van der Waals surface area contributed by atoms with Crippen molar-refractivity contribution in [2.24, 2.45) is 11.8 Å². The van der Waals surface area contributed by atoms with Crippen LogP contribution in [0.15, 0.2) is 72.8 Å². The smallest absolute Gasteiger partial charge is 0.407 e. The second kappa shape index (κ2) is 17.7. The third-order valence-corrected chi connectivity index (χ3v) is 8.92. The van der Waals surface area contributed by atoms with Crippen molar-refractivity contribution in [3.05, 3.63) is 78.4 Å². The molecule has 53 heavy (non-hydrogen) atoms. The van der Waals surface area contributed by atoms with Crippen molar-refractivity contribution in [2.45, 2.75) is 64.5 Å². The summed E-state index contributed by atoms with van der Waals surface area (Å²) in [6, 6.07) is 21.6. The molecule has 0 saturated heterocycles. The van der Waals surface area contributed by atoms with Crippen molar-refractivity contribution in [1.29, 1.82) is 0 Å². The quantitative estimate of drug-likeness (QED) is 0.126. The predicted molar refractivity (Wildman–Crippen MR) is 203 cm³/mol. The maximum Gasteiger partial charge on any atom is 0.407 e. The number of nitrogens with one attached hydrogen (secondary N) is 5. The molecular weight excluding hydrogens is 674 g/mol. The second-order valence-corrected chi connectivity index (χ2v) is 14.7. The molecule has 0 aliphatic heterocycles. The summed E-state index contributed by atoms with van der Waals surface area (Å²) in [4.78, 5) is 53.9. The molecular formula is C39H49N9O5. The maximum atomic E-state index is 13.8. The van der Waals surface area contributed by atoms with E-state index in [1.165, 1.54) is 0 Å². The third kappa shape index (κ3) is 11.7. The number of tetrazole rings is 1. The van der Waals surface area contributed by atoms with Crippen LogP contribution in [0.25, 0.3) is 22.5 Å². The molecule has 0 bridgehead atoms. The normalized spacial score (nSPS) is 16.3. The first-order valence-corrected chi connectivity index (χ1v) is 17.9. The zero-order valence-electron chi connectivity index (χ0n) is 30.9. The highest BCUT2D eigenvalue weighted by Gasteiger charge is 2.30. The Morgan fingerprint density at radius 2 is 1.57 bits per heavy atom. The van der Waals surface area contributed by atoms with Crippen LogP contribution in [-0.2, 0) is 25.5 Å². The lowest BCUT2D eigenvalue weighted by atomic mass is 9.81. The number of alkyl carbamates (subject to hydrolysis) is 1. The number of benzene rings is 3. The zero-order valence-corrected chi connectivity index (χ0v) is 30.9. The molecule has 280 valence electrons. The Balaban J connectivity index is 1.26. The van der Waals surface area contributed by atoms with E-state index in [0.717, 1.165) is 35.1 Å². The molecule has 0 radical (unpaired) electrons. The van der Waals surface area contributed by atoms with Crippen LogP contribution in [-0.4, -0.2) is 88.2 Å². The molecule has 3 aromatic carbocycles. The lowest BCUT2D eigenvalue weighted by Gasteiger charge is -2.29. The van der Waals surface area contributed by atoms with Gasteiger partial charge in [-0.05, 0) is 118 Å². The van der Waals surface area contributed by atoms with Crippen molar-refractivity contribution in [1.82, 2.24) is 36.2 Å². The summed E-state index contributed by atoms with van der Waals surface area (Å²) in [7, 11) is 3.68. The molecule has 5 N–H and O–H groups in total. The van der Waals surface area contributed by atoms with Gasteiger partial charge >= 0.3 is 6.09 Å². The van der Waals surface area contributed by atoms with Crippen molar-refractivity contribution >= 4 is 35.2 Å². The van der Waals surface area contributed by atoms with Gasteiger partial charge in [-0.3, -0.25) is 14.4 Å². The summed E-state index contributed by atoms with van der Waals surface area (Å²) in [6.45, 7) is 6.22. The molecule has 1 atom stereocenters. The molecule has 1 fully saturated rings. The van der Waals surface area contributed by atoms with Gasteiger partial charge in [0.2, 0.25) is 17.7 Å². The van der Waals surface area contributed by atoms with Crippen LogP contribution in [0.2, 0.25) is 0 Å². The Morgan fingerprint density at radius 1 is 0.887 bits per heavy atom. The molecule has 1 aliphatic carbocycles. The average Bonchev–Trinajstić information content (AvgIpc) is 3.66. The summed E-state index contributed by atoms with van der Waals surface area (Å²) in [5.41, 5.74) is 4.08. The highest BCUT2D eigenvalue weighted by Crippen LogP contribution is 2.30. The lowest BCUT2D eigenvalue weighted by molar-refractivity contribution is -0.130. The van der Waals surface area contributed by atoms with Gasteiger partial charge in [0.15, 0.2) is 5.82 Å². The number of aromatic amines is 1. The van der Waals surface area contributed by atoms with E-state index in [2.05, 4.69) is 41.9 Å². The van der Waals surface area contributed by atoms with Gasteiger partial charge in [-0.1, -0.05) is 42.5 Å². The molecule has 1 aliphatic rings. The number of amides is 4. The van der Waals surface area contributed by atoms with E-state index in [0.29, 0.717) is 36.6 Å². The Bertz CT molecular complexity index is 1830. The van der Waals surface area contributed by atoms with Crippen LogP contribution in [0, 0.1) is 11.8 Å². The monoisotopic (exact) mass is 723 g/mol. The minimum Gasteiger partial charge on any atom is -0.444 e. The van der Waals surface area contributed by atoms with Crippen LogP contribution < -0.4 is 21.3 Å². The Morgan fingerprint density at radius 3 is 2.21 bits per heavy atom. The molecule has 14 heteroatoms. The number of likely N-dealkylation sites (N-methyl/N-ethyl adjacent to an activating group) is 1. The number of anilines is 2. The average molecular weight is 724 g/mol. The van der Waals surface area contributed by atoms with E-state index in [1.54, 1.807) is 29.2 Å². The molecule has 14 nitrogen and oxygen atoms in total. The number of carbonyl (C=O) groups is 4. The molecule has 1 aromatic heterocycles. The van der Waals surface area contributed by atoms with E-state index in [-0.39, 0.29) is 42.5 Å². The highest BCUT2D eigenvalue weighted by atomic mass is 16.6. The number of para-hydroxylation sites is 1. The van der Waals surface area contributed by atoms with E-state index >= 15 is 0 Å². The standard InChI is InChI=1S/C39H49N9O5/c1-39(2,3)53-38(52)40-23-26-12-16-29(17-13-26)36(50)43-33(37(51)41-30-20-18-28(19-21-30)35-44-46-47-45-35)22-25-10-14-27(15-11-25)31-8-6-7-9-32(31)42-34(49)24-48(4)5/h6-11,14-15,18-21,26,29,33H,12-13,16-17,22-24H2,1-5H3,(H,40,52)(H,41,51)(H,42,49)(H,43,50)(H,44,45,46,47)/t26-,29-,33-/m0/s1. The van der Waals surface area contributed by atoms with E-state index in [4.69, 9.17) is 4.74 Å². The van der Waals surface area contributed by atoms with Crippen molar-refractivity contribution < 1.29 is 23.9 Å². The predicted octanol–water partition coefficient (Wildman–Crippen LogP) is 5.03. The zero-order chi connectivity index (χ0) is 38.0. The summed E-state index contributed by atoms with van der Waals surface area (Å²) < 4.78 is 5.35. The number of nitrogens with zero attached hydrogens (tertiary/aromatic N) is 4. The van der Waals surface area contributed by atoms with Gasteiger partial charge in [0, 0.05) is 41.4 Å². The minimum absolute atomic E-state index is 0.112. The molecule has 1 saturated carbocycles. The van der Waals surface area contributed by atoms with Gasteiger partial charge in [-0.25, -0.2) is 9.89 Å². The molecule has 5 rings (SSSR count). The number of rotatable bonds is 13. The third-order valence-electron chi connectivity index (χ3n) is 8.92. The van der Waals surface area contributed by atoms with E-state index in [9.17, 15) is 19.2 Å². The van der Waals surface area contributed by atoms with Crippen molar-refractivity contribution in [3.8, 4) is 22.5 Å². The highest BCUT2D eigenvalue weighted by molar-refractivity contribution is 5.98. The van der Waals surface area contributed by atoms with Crippen LogP contribution >= 0.6 is 0 Å². The van der Waals surface area contributed by atoms with Gasteiger partial charge < -0.3 is 30.9 Å². The van der Waals surface area contributed by atoms with Crippen molar-refractivity contribution in [2.75, 3.05) is 37.8 Å². The number of hydrogen-bond acceptors (Lipinski definition) is 9. The summed E-state index contributed by atoms with van der Waals surface area (Å²) in [6.07, 6.45) is 2.67. The topological polar surface area (TPSA) is 183 Å². The fourth-order valence-electron chi connectivity index (χ4n) is 6.27. The molecule has 4 aromatic rings. The van der Waals surface area contributed by atoms with Gasteiger partial charge in [0.25, 0.3) is 0 Å². The Labute approximate surface area is 309 Å². The van der Waals surface area contributed by atoms with Gasteiger partial charge in [0.05, 0.1) is 6.54 Å². The SMILES string of the molecule is CN(C)CC(=O)Nc1ccccc1-c1ccc(C[C@H](NC(=O)[C@H]2CC[C@H](CNC(=O)OC(C)(C)C)CC2)C(=O)Nc2ccc(-c3nnn[nH]3)cc2)cc1. The van der Waals surface area contributed by atoms with Crippen LogP contribution in [0.4, 0.5) is 16.2 Å². The first-order valence-electron chi connectivity index (χ1n) is 17.9. The molecule has 0 spiro atoms.